The zero-order chi connectivity index (χ0) is 51.6. The zero-order valence-corrected chi connectivity index (χ0v) is 44.7. The first kappa shape index (κ1) is 65.6. The molecule has 2 saturated heterocycles. The molecule has 11 unspecified atom stereocenters. The third-order valence-electron chi connectivity index (χ3n) is 13.9. The second kappa shape index (κ2) is 44.7. The van der Waals surface area contributed by atoms with Crippen LogP contribution in [0.25, 0.3) is 0 Å². The first-order valence-electron chi connectivity index (χ1n) is 28.9. The van der Waals surface area contributed by atoms with Gasteiger partial charge in [-0.25, -0.2) is 0 Å². The third-order valence-corrected chi connectivity index (χ3v) is 13.9. The van der Waals surface area contributed by atoms with Crippen molar-refractivity contribution in [3.63, 3.8) is 0 Å². The fourth-order valence-corrected chi connectivity index (χ4v) is 9.22. The van der Waals surface area contributed by atoms with Crippen molar-refractivity contribution in [3.8, 4) is 0 Å². The average Bonchev–Trinajstić information content (AvgIpc) is 3.37. The van der Waals surface area contributed by atoms with Gasteiger partial charge in [-0.15, -0.1) is 0 Å². The van der Waals surface area contributed by atoms with Crippen molar-refractivity contribution in [2.45, 2.75) is 300 Å². The van der Waals surface area contributed by atoms with Gasteiger partial charge in [0.05, 0.1) is 26.4 Å². The molecular weight excluding hydrogens is 909 g/mol. The molecule has 71 heavy (non-hydrogen) atoms. The molecule has 0 aromatic carbocycles. The number of carbonyl (C=O) groups is 1. The Hall–Kier alpha value is -1.53. The summed E-state index contributed by atoms with van der Waals surface area (Å²) in [6.45, 7) is 3.70. The number of rotatable bonds is 47. The monoisotopic (exact) mass is 1010 g/mol. The van der Waals surface area contributed by atoms with Crippen molar-refractivity contribution in [3.05, 3.63) is 24.3 Å². The van der Waals surface area contributed by atoms with Gasteiger partial charge in [0.2, 0.25) is 0 Å². The van der Waals surface area contributed by atoms with Crippen molar-refractivity contribution < 1.29 is 69.0 Å². The van der Waals surface area contributed by atoms with Crippen LogP contribution in [0.2, 0.25) is 0 Å². The molecule has 0 aromatic rings. The number of hydrogen-bond acceptors (Lipinski definition) is 14. The summed E-state index contributed by atoms with van der Waals surface area (Å²) in [4.78, 5) is 13.1. The molecule has 2 fully saturated rings. The highest BCUT2D eigenvalue weighted by Crippen LogP contribution is 2.27. The molecule has 2 heterocycles. The third kappa shape index (κ3) is 31.8. The quantitative estimate of drug-likeness (QED) is 0.0172. The second-order valence-corrected chi connectivity index (χ2v) is 20.5. The average molecular weight is 1020 g/mol. The van der Waals surface area contributed by atoms with Crippen LogP contribution in [0.15, 0.2) is 24.3 Å². The zero-order valence-electron chi connectivity index (χ0n) is 44.7. The minimum Gasteiger partial charge on any atom is -0.457 e. The highest BCUT2D eigenvalue weighted by atomic mass is 16.7. The lowest BCUT2D eigenvalue weighted by Gasteiger charge is -2.42. The van der Waals surface area contributed by atoms with Gasteiger partial charge >= 0.3 is 5.97 Å². The molecule has 14 heteroatoms. The van der Waals surface area contributed by atoms with Crippen LogP contribution in [-0.2, 0) is 33.2 Å². The van der Waals surface area contributed by atoms with Gasteiger partial charge in [0.25, 0.3) is 0 Å². The smallest absolute Gasteiger partial charge is 0.306 e. The van der Waals surface area contributed by atoms with Crippen molar-refractivity contribution >= 4 is 5.97 Å². The van der Waals surface area contributed by atoms with E-state index >= 15 is 0 Å². The van der Waals surface area contributed by atoms with Crippen LogP contribution in [0.1, 0.15) is 232 Å². The van der Waals surface area contributed by atoms with E-state index in [2.05, 4.69) is 38.2 Å². The molecule has 2 aliphatic rings. The van der Waals surface area contributed by atoms with E-state index in [1.54, 1.807) is 0 Å². The van der Waals surface area contributed by atoms with Crippen LogP contribution in [0.3, 0.4) is 0 Å². The van der Waals surface area contributed by atoms with Crippen molar-refractivity contribution in [2.24, 2.45) is 0 Å². The van der Waals surface area contributed by atoms with Gasteiger partial charge in [0.15, 0.2) is 12.6 Å². The maximum atomic E-state index is 13.1. The number of carbonyl (C=O) groups excluding carboxylic acids is 1. The fourth-order valence-electron chi connectivity index (χ4n) is 9.22. The summed E-state index contributed by atoms with van der Waals surface area (Å²) in [5, 5.41) is 72.3. The lowest BCUT2D eigenvalue weighted by Crippen LogP contribution is -2.61. The SMILES string of the molecule is CCCCCCCC/C=C\CCCCCCCCOCC(COC1OC(COC2OC(CO)C(O)C(O)C2O)C(O)C(O)C1O)OC(=O)CCCCCCCCCCC/C=C\CCCCCCCCCC. The van der Waals surface area contributed by atoms with Crippen LogP contribution in [0, 0.1) is 0 Å². The summed E-state index contributed by atoms with van der Waals surface area (Å²) < 4.78 is 34.4. The molecule has 14 nitrogen and oxygen atoms in total. The number of esters is 1. The molecule has 11 atom stereocenters. The minimum atomic E-state index is -1.71. The van der Waals surface area contributed by atoms with Gasteiger partial charge in [0, 0.05) is 13.0 Å². The Morgan fingerprint density at radius 2 is 0.831 bits per heavy atom. The van der Waals surface area contributed by atoms with E-state index in [1.165, 1.54) is 161 Å². The largest absolute Gasteiger partial charge is 0.457 e. The molecule has 0 radical (unpaired) electrons. The molecule has 2 rings (SSSR count). The van der Waals surface area contributed by atoms with E-state index in [-0.39, 0.29) is 25.6 Å². The van der Waals surface area contributed by atoms with Gasteiger partial charge in [0.1, 0.15) is 54.9 Å². The van der Waals surface area contributed by atoms with Crippen LogP contribution in [-0.4, -0.2) is 142 Å². The molecule has 0 spiro atoms. The number of ether oxygens (including phenoxy) is 6. The molecule has 7 N–H and O–H groups in total. The first-order valence-corrected chi connectivity index (χ1v) is 28.9. The molecule has 0 amide bonds. The van der Waals surface area contributed by atoms with Crippen molar-refractivity contribution in [1.29, 1.82) is 0 Å². The number of allylic oxidation sites excluding steroid dienone is 4. The molecule has 0 saturated carbocycles. The highest BCUT2D eigenvalue weighted by Gasteiger charge is 2.47. The molecule has 0 bridgehead atoms. The van der Waals surface area contributed by atoms with E-state index < -0.39 is 80.7 Å². The lowest BCUT2D eigenvalue weighted by atomic mass is 9.98. The fraction of sp³-hybridized carbons (Fsp3) is 0.912. The van der Waals surface area contributed by atoms with Gasteiger partial charge in [-0.2, -0.15) is 0 Å². The number of hydrogen-bond donors (Lipinski definition) is 7. The predicted molar refractivity (Wildman–Crippen MR) is 280 cm³/mol. The van der Waals surface area contributed by atoms with E-state index in [9.17, 15) is 40.5 Å². The summed E-state index contributed by atoms with van der Waals surface area (Å²) >= 11 is 0. The van der Waals surface area contributed by atoms with Crippen LogP contribution in [0.4, 0.5) is 0 Å². The summed E-state index contributed by atoms with van der Waals surface area (Å²) in [6.07, 6.45) is 33.8. The minimum absolute atomic E-state index is 0.0596. The maximum absolute atomic E-state index is 13.1. The topological polar surface area (TPSA) is 214 Å². The Kier molecular flexibility index (Phi) is 41.3. The molecule has 0 aliphatic carbocycles. The number of aliphatic hydroxyl groups is 7. The van der Waals surface area contributed by atoms with Crippen molar-refractivity contribution in [1.82, 2.24) is 0 Å². The standard InChI is InChI=1S/C57H106O14/c1-3-5-7-9-11-13-15-17-19-21-22-23-24-25-26-28-30-32-34-36-38-40-49(59)69-46(43-66-41-39-37-35-33-31-29-27-20-18-16-14-12-10-8-6-4-2)44-67-56-55(65)53(63)51(61)48(71-56)45-68-57-54(64)52(62)50(60)47(42-58)70-57/h18,20-22,46-48,50-58,60-65H,3-17,19,23-45H2,1-2H3/b20-18-,22-21-. The number of aliphatic hydroxyl groups excluding tert-OH is 7. The number of unbranched alkanes of at least 4 members (excludes halogenated alkanes) is 29. The van der Waals surface area contributed by atoms with E-state index in [0.29, 0.717) is 13.0 Å². The van der Waals surface area contributed by atoms with Crippen LogP contribution < -0.4 is 0 Å². The Balaban J connectivity index is 1.72. The lowest BCUT2D eigenvalue weighted by molar-refractivity contribution is -0.332. The molecule has 2 aliphatic heterocycles. The van der Waals surface area contributed by atoms with E-state index in [4.69, 9.17) is 28.4 Å². The van der Waals surface area contributed by atoms with Gasteiger partial charge in [-0.05, 0) is 64.2 Å². The maximum Gasteiger partial charge on any atom is 0.306 e. The first-order chi connectivity index (χ1) is 34.6. The van der Waals surface area contributed by atoms with Gasteiger partial charge < -0.3 is 64.2 Å². The summed E-state index contributed by atoms with van der Waals surface area (Å²) in [7, 11) is 0. The predicted octanol–water partition coefficient (Wildman–Crippen LogP) is 9.97. The van der Waals surface area contributed by atoms with Crippen LogP contribution in [0.5, 0.6) is 0 Å². The normalized spacial score (nSPS) is 25.4. The Morgan fingerprint density at radius 1 is 0.451 bits per heavy atom. The summed E-state index contributed by atoms with van der Waals surface area (Å²) in [5.41, 5.74) is 0. The van der Waals surface area contributed by atoms with Gasteiger partial charge in [-0.1, -0.05) is 186 Å². The highest BCUT2D eigenvalue weighted by molar-refractivity contribution is 5.69. The Labute approximate surface area is 430 Å². The Morgan fingerprint density at radius 3 is 1.28 bits per heavy atom. The molecule has 418 valence electrons. The van der Waals surface area contributed by atoms with Gasteiger partial charge in [-0.3, -0.25) is 4.79 Å². The van der Waals surface area contributed by atoms with E-state index in [0.717, 1.165) is 44.9 Å². The van der Waals surface area contributed by atoms with E-state index in [1.807, 2.05) is 0 Å². The molecule has 0 aromatic heterocycles. The second-order valence-electron chi connectivity index (χ2n) is 20.5. The van der Waals surface area contributed by atoms with Crippen molar-refractivity contribution in [2.75, 3.05) is 33.0 Å². The Bertz CT molecular complexity index is 1270. The molecular formula is C57H106O14. The van der Waals surface area contributed by atoms with Crippen LogP contribution >= 0.6 is 0 Å². The summed E-state index contributed by atoms with van der Waals surface area (Å²) in [5.74, 6) is -0.377. The summed E-state index contributed by atoms with van der Waals surface area (Å²) in [6, 6.07) is 0.